The highest BCUT2D eigenvalue weighted by Crippen LogP contribution is 2.28. The third-order valence-electron chi connectivity index (χ3n) is 5.08. The van der Waals surface area contributed by atoms with Crippen LogP contribution in [0.2, 0.25) is 0 Å². The molecular weight excluding hydrogens is 398 g/mol. The van der Waals surface area contributed by atoms with Crippen molar-refractivity contribution >= 4 is 10.0 Å². The fourth-order valence-electron chi connectivity index (χ4n) is 3.50. The Morgan fingerprint density at radius 3 is 2.53 bits per heavy atom. The lowest BCUT2D eigenvalue weighted by Crippen LogP contribution is -2.32. The molecule has 6 heteroatoms. The molecule has 0 amide bonds. The van der Waals surface area contributed by atoms with Crippen LogP contribution >= 0.6 is 0 Å². The highest BCUT2D eigenvalue weighted by molar-refractivity contribution is 7.89. The molecule has 0 bridgehead atoms. The Hall–Kier alpha value is -2.67. The fraction of sp³-hybridized carbons (Fsp3) is 0.250. The highest BCUT2D eigenvalue weighted by Gasteiger charge is 2.27. The van der Waals surface area contributed by atoms with E-state index in [0.29, 0.717) is 31.3 Å². The van der Waals surface area contributed by atoms with Gasteiger partial charge in [-0.15, -0.1) is 0 Å². The predicted octanol–water partition coefficient (Wildman–Crippen LogP) is 4.30. The lowest BCUT2D eigenvalue weighted by Gasteiger charge is -2.20. The van der Waals surface area contributed by atoms with Gasteiger partial charge in [-0.05, 0) is 47.9 Å². The zero-order valence-corrected chi connectivity index (χ0v) is 17.8. The first-order valence-electron chi connectivity index (χ1n) is 9.95. The van der Waals surface area contributed by atoms with Crippen LogP contribution in [-0.2, 0) is 34.5 Å². The van der Waals surface area contributed by atoms with Crippen molar-refractivity contribution in [3.05, 3.63) is 95.1 Å². The summed E-state index contributed by atoms with van der Waals surface area (Å²) in [5.41, 5.74) is 3.87. The van der Waals surface area contributed by atoms with Gasteiger partial charge in [-0.25, -0.2) is 8.42 Å². The monoisotopic (exact) mass is 423 g/mol. The number of rotatable bonds is 6. The Morgan fingerprint density at radius 2 is 1.73 bits per heavy atom. The first-order chi connectivity index (χ1) is 14.5. The number of aryl methyl sites for hydroxylation is 1. The van der Waals surface area contributed by atoms with Crippen molar-refractivity contribution in [2.75, 3.05) is 13.2 Å². The van der Waals surface area contributed by atoms with E-state index >= 15 is 0 Å². The second kappa shape index (κ2) is 9.00. The predicted molar refractivity (Wildman–Crippen MR) is 116 cm³/mol. The van der Waals surface area contributed by atoms with Crippen molar-refractivity contribution in [1.82, 2.24) is 4.31 Å². The fourth-order valence-corrected chi connectivity index (χ4v) is 5.01. The molecule has 0 fully saturated rings. The Bertz CT molecular complexity index is 1110. The van der Waals surface area contributed by atoms with Crippen molar-refractivity contribution in [1.29, 1.82) is 0 Å². The smallest absolute Gasteiger partial charge is 0.243 e. The maximum absolute atomic E-state index is 13.2. The molecule has 4 rings (SSSR count). The number of ether oxygens (including phenoxy) is 2. The van der Waals surface area contributed by atoms with Crippen molar-refractivity contribution < 1.29 is 17.9 Å². The molecule has 156 valence electrons. The Morgan fingerprint density at radius 1 is 0.933 bits per heavy atom. The molecule has 0 spiro atoms. The summed E-state index contributed by atoms with van der Waals surface area (Å²) in [7, 11) is -3.59. The lowest BCUT2D eigenvalue weighted by molar-refractivity contribution is 0.107. The Balaban J connectivity index is 1.50. The summed E-state index contributed by atoms with van der Waals surface area (Å²) < 4.78 is 39.5. The molecule has 0 aromatic heterocycles. The summed E-state index contributed by atoms with van der Waals surface area (Å²) in [4.78, 5) is 0.313. The summed E-state index contributed by atoms with van der Waals surface area (Å²) >= 11 is 0. The van der Waals surface area contributed by atoms with Gasteiger partial charge in [-0.3, -0.25) is 0 Å². The minimum Gasteiger partial charge on any atom is -0.492 e. The molecule has 0 radical (unpaired) electrons. The van der Waals surface area contributed by atoms with Crippen LogP contribution in [0.15, 0.2) is 77.7 Å². The van der Waals surface area contributed by atoms with Gasteiger partial charge in [0.2, 0.25) is 10.0 Å². The van der Waals surface area contributed by atoms with Crippen LogP contribution in [0.1, 0.15) is 22.3 Å². The van der Waals surface area contributed by atoms with Crippen LogP contribution in [0.3, 0.4) is 0 Å². The number of hydrogen-bond donors (Lipinski definition) is 0. The number of hydrogen-bond acceptors (Lipinski definition) is 4. The largest absolute Gasteiger partial charge is 0.492 e. The molecule has 0 saturated carbocycles. The molecule has 1 aliphatic rings. The van der Waals surface area contributed by atoms with Gasteiger partial charge in [0.1, 0.15) is 12.4 Å². The number of fused-ring (bicyclic) bond motifs is 1. The van der Waals surface area contributed by atoms with Crippen LogP contribution in [0, 0.1) is 6.92 Å². The average Bonchev–Trinajstić information content (AvgIpc) is 2.97. The van der Waals surface area contributed by atoms with Crippen molar-refractivity contribution in [2.24, 2.45) is 0 Å². The van der Waals surface area contributed by atoms with Gasteiger partial charge in [-0.1, -0.05) is 48.5 Å². The van der Waals surface area contributed by atoms with E-state index in [1.807, 2.05) is 61.5 Å². The normalized spacial score (nSPS) is 14.6. The highest BCUT2D eigenvalue weighted by atomic mass is 32.2. The van der Waals surface area contributed by atoms with Crippen LogP contribution < -0.4 is 4.74 Å². The first-order valence-corrected chi connectivity index (χ1v) is 11.4. The van der Waals surface area contributed by atoms with Crippen LogP contribution in [0.5, 0.6) is 5.75 Å². The van der Waals surface area contributed by atoms with E-state index in [1.54, 1.807) is 18.2 Å². The summed E-state index contributed by atoms with van der Waals surface area (Å²) in [5, 5.41) is 0. The molecule has 0 unspecified atom stereocenters. The zero-order valence-electron chi connectivity index (χ0n) is 17.0. The van der Waals surface area contributed by atoms with Gasteiger partial charge in [0.05, 0.1) is 18.1 Å². The third kappa shape index (κ3) is 4.73. The van der Waals surface area contributed by atoms with Gasteiger partial charge in [0.15, 0.2) is 0 Å². The van der Waals surface area contributed by atoms with Crippen LogP contribution in [-0.4, -0.2) is 25.9 Å². The zero-order chi connectivity index (χ0) is 21.0. The van der Waals surface area contributed by atoms with Gasteiger partial charge < -0.3 is 9.47 Å². The quantitative estimate of drug-likeness (QED) is 0.593. The number of nitrogens with zero attached hydrogens (tertiary/aromatic N) is 1. The van der Waals surface area contributed by atoms with Gasteiger partial charge in [0, 0.05) is 18.7 Å². The van der Waals surface area contributed by atoms with Crippen molar-refractivity contribution in [3.8, 4) is 5.75 Å². The van der Waals surface area contributed by atoms with E-state index in [4.69, 9.17) is 9.47 Å². The molecule has 1 heterocycles. The third-order valence-corrected chi connectivity index (χ3v) is 6.92. The SMILES string of the molecule is Cc1cccc(S(=O)(=O)N2CCOc3ccc(COCc4ccccc4)cc3C2)c1. The van der Waals surface area contributed by atoms with E-state index < -0.39 is 10.0 Å². The molecule has 30 heavy (non-hydrogen) atoms. The molecular formula is C24H25NO4S. The topological polar surface area (TPSA) is 55.8 Å². The molecule has 0 N–H and O–H groups in total. The maximum atomic E-state index is 13.2. The second-order valence-electron chi connectivity index (χ2n) is 7.42. The summed E-state index contributed by atoms with van der Waals surface area (Å²) in [6.07, 6.45) is 0. The van der Waals surface area contributed by atoms with Gasteiger partial charge in [-0.2, -0.15) is 4.31 Å². The average molecular weight is 424 g/mol. The minimum atomic E-state index is -3.59. The molecule has 0 atom stereocenters. The molecule has 3 aromatic rings. The number of sulfonamides is 1. The van der Waals surface area contributed by atoms with Crippen LogP contribution in [0.4, 0.5) is 0 Å². The second-order valence-corrected chi connectivity index (χ2v) is 9.36. The summed E-state index contributed by atoms with van der Waals surface area (Å²) in [5.74, 6) is 0.726. The number of benzene rings is 3. The first kappa shape index (κ1) is 20.6. The molecule has 0 saturated heterocycles. The molecule has 0 aliphatic carbocycles. The minimum absolute atomic E-state index is 0.276. The van der Waals surface area contributed by atoms with E-state index in [2.05, 4.69) is 0 Å². The van der Waals surface area contributed by atoms with Crippen molar-refractivity contribution in [3.63, 3.8) is 0 Å². The lowest BCUT2D eigenvalue weighted by atomic mass is 10.1. The summed E-state index contributed by atoms with van der Waals surface area (Å²) in [6.45, 7) is 3.78. The Kier molecular flexibility index (Phi) is 6.18. The van der Waals surface area contributed by atoms with E-state index in [-0.39, 0.29) is 6.54 Å². The van der Waals surface area contributed by atoms with Crippen molar-refractivity contribution in [2.45, 2.75) is 31.6 Å². The maximum Gasteiger partial charge on any atom is 0.243 e. The summed E-state index contributed by atoms with van der Waals surface area (Å²) in [6, 6.07) is 22.9. The standard InChI is InChI=1S/C24H25NO4S/c1-19-6-5-9-23(14-19)30(26,27)25-12-13-29-24-11-10-21(15-22(24)16-25)18-28-17-20-7-3-2-4-8-20/h2-11,14-15H,12-13,16-18H2,1H3. The molecule has 1 aliphatic heterocycles. The van der Waals surface area contributed by atoms with Crippen LogP contribution in [0.25, 0.3) is 0 Å². The van der Waals surface area contributed by atoms with E-state index in [0.717, 1.165) is 28.0 Å². The van der Waals surface area contributed by atoms with E-state index in [9.17, 15) is 8.42 Å². The Labute approximate surface area is 177 Å². The van der Waals surface area contributed by atoms with Gasteiger partial charge in [0.25, 0.3) is 0 Å². The van der Waals surface area contributed by atoms with E-state index in [1.165, 1.54) is 4.31 Å². The molecule has 5 nitrogen and oxygen atoms in total. The molecule has 3 aromatic carbocycles. The van der Waals surface area contributed by atoms with Gasteiger partial charge >= 0.3 is 0 Å².